The third-order valence-electron chi connectivity index (χ3n) is 1.64. The number of benzene rings is 1. The van der Waals surface area contributed by atoms with Crippen LogP contribution < -0.4 is 0 Å². The highest BCUT2D eigenvalue weighted by molar-refractivity contribution is 6.17. The van der Waals surface area contributed by atoms with Gasteiger partial charge in [-0.25, -0.2) is 4.79 Å². The standard InChI is InChI=1S/C9H9ClO3/c1-13-9(12)6-2-3-8(11)7(4-6)5-10/h2-4,11H,5H2,1H3. The van der Waals surface area contributed by atoms with E-state index >= 15 is 0 Å². The molecule has 1 N–H and O–H groups in total. The van der Waals surface area contributed by atoms with E-state index in [2.05, 4.69) is 4.74 Å². The van der Waals surface area contributed by atoms with Crippen LogP contribution in [0.2, 0.25) is 0 Å². The van der Waals surface area contributed by atoms with E-state index < -0.39 is 5.97 Å². The molecule has 0 aliphatic carbocycles. The van der Waals surface area contributed by atoms with E-state index in [1.54, 1.807) is 0 Å². The van der Waals surface area contributed by atoms with Gasteiger partial charge in [0.1, 0.15) is 5.75 Å². The molecule has 0 amide bonds. The summed E-state index contributed by atoms with van der Waals surface area (Å²) in [6.45, 7) is 0. The van der Waals surface area contributed by atoms with E-state index in [4.69, 9.17) is 11.6 Å². The average molecular weight is 201 g/mol. The summed E-state index contributed by atoms with van der Waals surface area (Å²) in [7, 11) is 1.30. The van der Waals surface area contributed by atoms with E-state index in [1.807, 2.05) is 0 Å². The first-order chi connectivity index (χ1) is 6.19. The first kappa shape index (κ1) is 9.86. The maximum Gasteiger partial charge on any atom is 0.337 e. The number of carbonyl (C=O) groups excluding carboxylic acids is 1. The molecule has 70 valence electrons. The lowest BCUT2D eigenvalue weighted by molar-refractivity contribution is 0.0600. The molecule has 0 saturated carbocycles. The molecule has 1 aromatic carbocycles. The zero-order valence-electron chi connectivity index (χ0n) is 7.08. The molecule has 0 aliphatic rings. The number of rotatable bonds is 2. The number of carbonyl (C=O) groups is 1. The van der Waals surface area contributed by atoms with Crippen molar-refractivity contribution in [2.24, 2.45) is 0 Å². The van der Waals surface area contributed by atoms with E-state index in [-0.39, 0.29) is 11.6 Å². The lowest BCUT2D eigenvalue weighted by Crippen LogP contribution is -2.01. The number of hydrogen-bond acceptors (Lipinski definition) is 3. The fourth-order valence-electron chi connectivity index (χ4n) is 0.937. The molecule has 0 bridgehead atoms. The Labute approximate surface area is 80.9 Å². The van der Waals surface area contributed by atoms with Gasteiger partial charge < -0.3 is 9.84 Å². The second-order valence-corrected chi connectivity index (χ2v) is 2.74. The molecule has 0 heterocycles. The number of esters is 1. The minimum atomic E-state index is -0.439. The monoisotopic (exact) mass is 200 g/mol. The fourth-order valence-corrected chi connectivity index (χ4v) is 1.15. The number of halogens is 1. The summed E-state index contributed by atoms with van der Waals surface area (Å²) in [6.07, 6.45) is 0. The van der Waals surface area contributed by atoms with Crippen LogP contribution in [0.25, 0.3) is 0 Å². The largest absolute Gasteiger partial charge is 0.508 e. The predicted octanol–water partition coefficient (Wildman–Crippen LogP) is 1.92. The van der Waals surface area contributed by atoms with Crippen LogP contribution in [0.4, 0.5) is 0 Å². The Kier molecular flexibility index (Phi) is 3.14. The van der Waals surface area contributed by atoms with Crippen LogP contribution >= 0.6 is 11.6 Å². The molecule has 0 aromatic heterocycles. The van der Waals surface area contributed by atoms with Gasteiger partial charge in [0.2, 0.25) is 0 Å². The van der Waals surface area contributed by atoms with E-state index in [9.17, 15) is 9.90 Å². The zero-order chi connectivity index (χ0) is 9.84. The van der Waals surface area contributed by atoms with Gasteiger partial charge in [-0.2, -0.15) is 0 Å². The summed E-state index contributed by atoms with van der Waals surface area (Å²) in [4.78, 5) is 11.0. The van der Waals surface area contributed by atoms with E-state index in [1.165, 1.54) is 25.3 Å². The van der Waals surface area contributed by atoms with Crippen molar-refractivity contribution in [2.45, 2.75) is 5.88 Å². The van der Waals surface area contributed by atoms with Gasteiger partial charge in [-0.15, -0.1) is 11.6 Å². The molecule has 0 saturated heterocycles. The van der Waals surface area contributed by atoms with Gasteiger partial charge in [-0.05, 0) is 18.2 Å². The van der Waals surface area contributed by atoms with Crippen LogP contribution in [0, 0.1) is 0 Å². The van der Waals surface area contributed by atoms with Crippen molar-refractivity contribution in [3.8, 4) is 5.75 Å². The van der Waals surface area contributed by atoms with Gasteiger partial charge in [0.15, 0.2) is 0 Å². The van der Waals surface area contributed by atoms with E-state index in [0.717, 1.165) is 0 Å². The Bertz CT molecular complexity index is 323. The smallest absolute Gasteiger partial charge is 0.337 e. The van der Waals surface area contributed by atoms with Crippen molar-refractivity contribution in [1.82, 2.24) is 0 Å². The van der Waals surface area contributed by atoms with Crippen molar-refractivity contribution < 1.29 is 14.6 Å². The molecule has 13 heavy (non-hydrogen) atoms. The van der Waals surface area contributed by atoms with Crippen molar-refractivity contribution in [2.75, 3.05) is 7.11 Å². The Morgan fingerprint density at radius 1 is 1.62 bits per heavy atom. The molecule has 0 atom stereocenters. The molecule has 0 fully saturated rings. The van der Waals surface area contributed by atoms with E-state index in [0.29, 0.717) is 11.1 Å². The SMILES string of the molecule is COC(=O)c1ccc(O)c(CCl)c1. The lowest BCUT2D eigenvalue weighted by Gasteiger charge is -2.03. The van der Waals surface area contributed by atoms with Gasteiger partial charge in [0.05, 0.1) is 18.6 Å². The number of phenols is 1. The molecule has 0 unspecified atom stereocenters. The van der Waals surface area contributed by atoms with Crippen LogP contribution in [0.1, 0.15) is 15.9 Å². The summed E-state index contributed by atoms with van der Waals surface area (Å²) in [6, 6.07) is 4.41. The molecule has 1 rings (SSSR count). The number of methoxy groups -OCH3 is 1. The van der Waals surface area contributed by atoms with Gasteiger partial charge in [-0.1, -0.05) is 0 Å². The molecule has 0 radical (unpaired) electrons. The summed E-state index contributed by atoms with van der Waals surface area (Å²) in [5.74, 6) is -0.189. The number of phenolic OH excluding ortho intramolecular Hbond substituents is 1. The normalized spacial score (nSPS) is 9.69. The number of aromatic hydroxyl groups is 1. The summed E-state index contributed by atoms with van der Waals surface area (Å²) in [5, 5.41) is 9.25. The predicted molar refractivity (Wildman–Crippen MR) is 49.0 cm³/mol. The number of hydrogen-bond donors (Lipinski definition) is 1. The molecule has 0 aliphatic heterocycles. The van der Waals surface area contributed by atoms with Crippen molar-refractivity contribution in [1.29, 1.82) is 0 Å². The third-order valence-corrected chi connectivity index (χ3v) is 1.93. The van der Waals surface area contributed by atoms with Crippen LogP contribution in [-0.4, -0.2) is 18.2 Å². The fraction of sp³-hybridized carbons (Fsp3) is 0.222. The number of alkyl halides is 1. The highest BCUT2D eigenvalue weighted by Crippen LogP contribution is 2.20. The quantitative estimate of drug-likeness (QED) is 0.586. The first-order valence-corrected chi connectivity index (χ1v) is 4.18. The van der Waals surface area contributed by atoms with Gasteiger partial charge in [-0.3, -0.25) is 0 Å². The maximum absolute atomic E-state index is 11.0. The van der Waals surface area contributed by atoms with Gasteiger partial charge in [0, 0.05) is 5.56 Å². The van der Waals surface area contributed by atoms with Crippen molar-refractivity contribution in [3.05, 3.63) is 29.3 Å². The Balaban J connectivity index is 3.06. The van der Waals surface area contributed by atoms with Crippen LogP contribution in [0.3, 0.4) is 0 Å². The Morgan fingerprint density at radius 2 is 2.31 bits per heavy atom. The molecular weight excluding hydrogens is 192 g/mol. The average Bonchev–Trinajstić information content (AvgIpc) is 2.17. The summed E-state index contributed by atoms with van der Waals surface area (Å²) < 4.78 is 4.51. The molecule has 3 nitrogen and oxygen atoms in total. The molecule has 1 aromatic rings. The minimum Gasteiger partial charge on any atom is -0.508 e. The molecule has 4 heteroatoms. The Morgan fingerprint density at radius 3 is 2.85 bits per heavy atom. The van der Waals surface area contributed by atoms with Gasteiger partial charge >= 0.3 is 5.97 Å². The summed E-state index contributed by atoms with van der Waals surface area (Å²) in [5.41, 5.74) is 0.903. The van der Waals surface area contributed by atoms with Crippen molar-refractivity contribution in [3.63, 3.8) is 0 Å². The first-order valence-electron chi connectivity index (χ1n) is 3.65. The zero-order valence-corrected chi connectivity index (χ0v) is 7.84. The van der Waals surface area contributed by atoms with Crippen LogP contribution in [0.15, 0.2) is 18.2 Å². The van der Waals surface area contributed by atoms with Crippen LogP contribution in [0.5, 0.6) is 5.75 Å². The summed E-state index contributed by atoms with van der Waals surface area (Å²) >= 11 is 5.54. The Hall–Kier alpha value is -1.22. The second-order valence-electron chi connectivity index (χ2n) is 2.47. The highest BCUT2D eigenvalue weighted by atomic mass is 35.5. The van der Waals surface area contributed by atoms with Crippen LogP contribution in [-0.2, 0) is 10.6 Å². The lowest BCUT2D eigenvalue weighted by atomic mass is 10.1. The number of ether oxygens (including phenoxy) is 1. The maximum atomic E-state index is 11.0. The van der Waals surface area contributed by atoms with Crippen molar-refractivity contribution >= 4 is 17.6 Å². The van der Waals surface area contributed by atoms with Gasteiger partial charge in [0.25, 0.3) is 0 Å². The molecular formula is C9H9ClO3. The second kappa shape index (κ2) is 4.14. The minimum absolute atomic E-state index is 0.0858. The topological polar surface area (TPSA) is 46.5 Å². The third kappa shape index (κ3) is 2.12. The molecule has 0 spiro atoms. The highest BCUT2D eigenvalue weighted by Gasteiger charge is 2.08.